The number of aliphatic hydroxyl groups is 2. The first-order valence-electron chi connectivity index (χ1n) is 30.5. The average molecular weight is 947 g/mol. The summed E-state index contributed by atoms with van der Waals surface area (Å²) in [5.41, 5.74) is 0. The number of carbonyl (C=O) groups excluding carboxylic acids is 2. The molecule has 0 aromatic heterocycles. The minimum absolute atomic E-state index is 0.0178. The number of ether oxygens (including phenoxy) is 1. The van der Waals surface area contributed by atoms with Crippen LogP contribution in [0.3, 0.4) is 0 Å². The van der Waals surface area contributed by atoms with Gasteiger partial charge in [-0.05, 0) is 32.1 Å². The van der Waals surface area contributed by atoms with Crippen LogP contribution in [0.4, 0.5) is 0 Å². The first-order chi connectivity index (χ1) is 33.0. The molecule has 6 nitrogen and oxygen atoms in total. The number of hydrogen-bond donors (Lipinski definition) is 3. The Morgan fingerprint density at radius 2 is 0.687 bits per heavy atom. The van der Waals surface area contributed by atoms with E-state index in [4.69, 9.17) is 4.74 Å². The van der Waals surface area contributed by atoms with E-state index in [9.17, 15) is 19.8 Å². The van der Waals surface area contributed by atoms with Crippen LogP contribution in [-0.4, -0.2) is 47.4 Å². The molecule has 0 aromatic rings. The quantitative estimate of drug-likeness (QED) is 0.0321. The molecule has 1 amide bonds. The Morgan fingerprint density at radius 1 is 0.403 bits per heavy atom. The fourth-order valence-electron chi connectivity index (χ4n) is 9.64. The predicted octanol–water partition coefficient (Wildman–Crippen LogP) is 18.9. The van der Waals surface area contributed by atoms with Gasteiger partial charge in [-0.15, -0.1) is 0 Å². The molecule has 0 aliphatic carbocycles. The van der Waals surface area contributed by atoms with Gasteiger partial charge in [0.1, 0.15) is 0 Å². The van der Waals surface area contributed by atoms with E-state index < -0.39 is 12.1 Å². The van der Waals surface area contributed by atoms with E-state index in [-0.39, 0.29) is 18.5 Å². The van der Waals surface area contributed by atoms with Gasteiger partial charge in [0.15, 0.2) is 0 Å². The second-order valence-corrected chi connectivity index (χ2v) is 21.0. The summed E-state index contributed by atoms with van der Waals surface area (Å²) in [5.74, 6) is -0.0495. The van der Waals surface area contributed by atoms with Crippen LogP contribution in [0.5, 0.6) is 0 Å². The highest BCUT2D eigenvalue weighted by Crippen LogP contribution is 2.18. The molecule has 0 rings (SSSR count). The summed E-state index contributed by atoms with van der Waals surface area (Å²) in [7, 11) is 0. The minimum atomic E-state index is -0.841. The number of rotatable bonds is 57. The Morgan fingerprint density at radius 3 is 1.01 bits per heavy atom. The molecular formula is C61H119NO5. The monoisotopic (exact) mass is 946 g/mol. The van der Waals surface area contributed by atoms with Crippen molar-refractivity contribution in [2.75, 3.05) is 13.2 Å². The summed E-state index contributed by atoms with van der Waals surface area (Å²) in [6, 6.07) is -0.625. The van der Waals surface area contributed by atoms with Gasteiger partial charge in [-0.1, -0.05) is 309 Å². The van der Waals surface area contributed by atoms with Crippen LogP contribution in [0, 0.1) is 0 Å². The molecule has 6 heteroatoms. The molecule has 0 fully saturated rings. The highest BCUT2D eigenvalue weighted by molar-refractivity contribution is 5.76. The summed E-state index contributed by atoms with van der Waals surface area (Å²) in [6.45, 7) is 4.91. The molecule has 67 heavy (non-hydrogen) atoms. The summed E-state index contributed by atoms with van der Waals surface area (Å²) in [4.78, 5) is 24.5. The summed E-state index contributed by atoms with van der Waals surface area (Å²) in [5, 5.41) is 23.0. The van der Waals surface area contributed by atoms with Crippen LogP contribution in [0.25, 0.3) is 0 Å². The largest absolute Gasteiger partial charge is 0.466 e. The zero-order valence-corrected chi connectivity index (χ0v) is 45.4. The number of unbranched alkanes of at least 4 members (excludes halogenated alkanes) is 46. The van der Waals surface area contributed by atoms with Crippen molar-refractivity contribution in [2.24, 2.45) is 0 Å². The molecule has 3 N–H and O–H groups in total. The average Bonchev–Trinajstić information content (AvgIpc) is 3.33. The van der Waals surface area contributed by atoms with Crippen molar-refractivity contribution in [3.63, 3.8) is 0 Å². The predicted molar refractivity (Wildman–Crippen MR) is 292 cm³/mol. The lowest BCUT2D eigenvalue weighted by Gasteiger charge is -2.20. The molecule has 0 saturated heterocycles. The molecule has 0 aromatic carbocycles. The Hall–Kier alpha value is -1.40. The van der Waals surface area contributed by atoms with Crippen molar-refractivity contribution in [1.29, 1.82) is 0 Å². The fourth-order valence-corrected chi connectivity index (χ4v) is 9.64. The second kappa shape index (κ2) is 57.2. The molecule has 0 bridgehead atoms. The van der Waals surface area contributed by atoms with Crippen LogP contribution in [0.2, 0.25) is 0 Å². The van der Waals surface area contributed by atoms with Crippen LogP contribution in [-0.2, 0) is 14.3 Å². The molecule has 0 heterocycles. The van der Waals surface area contributed by atoms with Gasteiger partial charge in [0.05, 0.1) is 25.4 Å². The van der Waals surface area contributed by atoms with Crippen LogP contribution < -0.4 is 5.32 Å². The van der Waals surface area contributed by atoms with Crippen molar-refractivity contribution in [2.45, 2.75) is 353 Å². The van der Waals surface area contributed by atoms with Crippen LogP contribution in [0.1, 0.15) is 341 Å². The van der Waals surface area contributed by atoms with Crippen molar-refractivity contribution in [3.05, 3.63) is 12.2 Å². The van der Waals surface area contributed by atoms with Crippen LogP contribution in [0.15, 0.2) is 12.2 Å². The lowest BCUT2D eigenvalue weighted by atomic mass is 10.0. The van der Waals surface area contributed by atoms with E-state index in [1.165, 1.54) is 276 Å². The highest BCUT2D eigenvalue weighted by Gasteiger charge is 2.18. The van der Waals surface area contributed by atoms with Gasteiger partial charge in [0.2, 0.25) is 5.91 Å². The number of amides is 1. The van der Waals surface area contributed by atoms with Crippen molar-refractivity contribution in [1.82, 2.24) is 5.32 Å². The lowest BCUT2D eigenvalue weighted by Crippen LogP contribution is -2.45. The molecule has 0 radical (unpaired) electrons. The van der Waals surface area contributed by atoms with E-state index in [0.717, 1.165) is 38.5 Å². The number of nitrogens with one attached hydrogen (secondary N) is 1. The molecule has 2 atom stereocenters. The topological polar surface area (TPSA) is 95.9 Å². The second-order valence-electron chi connectivity index (χ2n) is 21.0. The van der Waals surface area contributed by atoms with E-state index in [1.54, 1.807) is 6.08 Å². The van der Waals surface area contributed by atoms with Gasteiger partial charge < -0.3 is 20.3 Å². The maximum Gasteiger partial charge on any atom is 0.305 e. The third-order valence-electron chi connectivity index (χ3n) is 14.3. The molecular weight excluding hydrogens is 827 g/mol. The number of carbonyl (C=O) groups is 2. The smallest absolute Gasteiger partial charge is 0.305 e. The molecule has 398 valence electrons. The van der Waals surface area contributed by atoms with Gasteiger partial charge >= 0.3 is 5.97 Å². The Balaban J connectivity index is 3.35. The van der Waals surface area contributed by atoms with E-state index in [2.05, 4.69) is 19.2 Å². The van der Waals surface area contributed by atoms with E-state index in [0.29, 0.717) is 19.4 Å². The maximum absolute atomic E-state index is 12.4. The van der Waals surface area contributed by atoms with Gasteiger partial charge in [-0.2, -0.15) is 0 Å². The van der Waals surface area contributed by atoms with Crippen molar-refractivity contribution < 1.29 is 24.5 Å². The van der Waals surface area contributed by atoms with Gasteiger partial charge in [-0.25, -0.2) is 0 Å². The van der Waals surface area contributed by atoms with Crippen molar-refractivity contribution in [3.8, 4) is 0 Å². The standard InChI is InChI=1S/C61H119NO5/c1-3-5-7-9-11-13-15-16-17-28-31-35-39-43-47-51-55-61(66)67-56-52-48-44-40-36-32-29-26-24-22-20-18-19-21-23-25-27-30-34-38-42-46-50-54-60(65)62-58(57-63)59(64)53-49-45-41-37-33-14-12-10-8-6-4-2/h49,53,58-59,63-64H,3-48,50-52,54-57H2,1-2H3,(H,62,65)/b53-49+. The Labute approximate surface area is 419 Å². The molecule has 0 aliphatic rings. The maximum atomic E-state index is 12.4. The summed E-state index contributed by atoms with van der Waals surface area (Å²) < 4.78 is 5.49. The van der Waals surface area contributed by atoms with Crippen LogP contribution >= 0.6 is 0 Å². The van der Waals surface area contributed by atoms with Gasteiger partial charge in [-0.3, -0.25) is 9.59 Å². The normalized spacial score (nSPS) is 12.6. The number of esters is 1. The molecule has 0 aliphatic heterocycles. The van der Waals surface area contributed by atoms with E-state index >= 15 is 0 Å². The number of aliphatic hydroxyl groups excluding tert-OH is 2. The number of hydrogen-bond acceptors (Lipinski definition) is 5. The molecule has 0 spiro atoms. The lowest BCUT2D eigenvalue weighted by molar-refractivity contribution is -0.143. The third-order valence-corrected chi connectivity index (χ3v) is 14.3. The number of allylic oxidation sites excluding steroid dienone is 1. The summed E-state index contributed by atoms with van der Waals surface area (Å²) in [6.07, 6.45) is 68.3. The zero-order valence-electron chi connectivity index (χ0n) is 45.4. The molecule has 2 unspecified atom stereocenters. The minimum Gasteiger partial charge on any atom is -0.466 e. The fraction of sp³-hybridized carbons (Fsp3) is 0.934. The SMILES string of the molecule is CCCCCCCCCCC/C=C/C(O)C(CO)NC(=O)CCCCCCCCCCCCCCCCCCCCCCCCCOC(=O)CCCCCCCCCCCCCCCCCC. The Kier molecular flexibility index (Phi) is 56.0. The molecule has 0 saturated carbocycles. The third kappa shape index (κ3) is 53.8. The van der Waals surface area contributed by atoms with E-state index in [1.807, 2.05) is 6.08 Å². The Bertz CT molecular complexity index is 1000. The summed E-state index contributed by atoms with van der Waals surface area (Å²) >= 11 is 0. The zero-order chi connectivity index (χ0) is 48.6. The van der Waals surface area contributed by atoms with Gasteiger partial charge in [0, 0.05) is 12.8 Å². The first-order valence-corrected chi connectivity index (χ1v) is 30.5. The van der Waals surface area contributed by atoms with Gasteiger partial charge in [0.25, 0.3) is 0 Å². The van der Waals surface area contributed by atoms with Crippen molar-refractivity contribution >= 4 is 11.9 Å². The highest BCUT2D eigenvalue weighted by atomic mass is 16.5. The first kappa shape index (κ1) is 65.6.